The minimum absolute atomic E-state index is 0.0830. The summed E-state index contributed by atoms with van der Waals surface area (Å²) in [5.74, 6) is -6.58. The van der Waals surface area contributed by atoms with E-state index >= 15 is 0 Å². The van der Waals surface area contributed by atoms with Crippen molar-refractivity contribution in [1.29, 1.82) is 0 Å². The molecule has 35 heavy (non-hydrogen) atoms. The van der Waals surface area contributed by atoms with Crippen LogP contribution in [0.25, 0.3) is 0 Å². The molecular formula is C25H25BrN2O7. The first-order chi connectivity index (χ1) is 16.5. The summed E-state index contributed by atoms with van der Waals surface area (Å²) in [5.41, 5.74) is -3.38. The van der Waals surface area contributed by atoms with Gasteiger partial charge in [0.2, 0.25) is 11.9 Å². The van der Waals surface area contributed by atoms with Gasteiger partial charge in [-0.1, -0.05) is 46.3 Å². The summed E-state index contributed by atoms with van der Waals surface area (Å²) in [7, 11) is 0. The standard InChI is InChI=1S/C25H25BrN2O7/c1-4-35-22(30)20-21(28(33)34)18(14-9-11-15(26)12-10-14)19(13(2)29)24(3,32)25(20)16-7-5-6-8-17(16)27-23(25)31/h5-12,18-21,32H,4H2,1-3H3,(H,27,31)/t18-,19-,20+,21+,24-,25+/m1/s1. The van der Waals surface area contributed by atoms with Gasteiger partial charge in [0.25, 0.3) is 0 Å². The van der Waals surface area contributed by atoms with E-state index in [9.17, 15) is 29.6 Å². The quantitative estimate of drug-likeness (QED) is 0.335. The molecule has 2 N–H and O–H groups in total. The Morgan fingerprint density at radius 3 is 2.37 bits per heavy atom. The van der Waals surface area contributed by atoms with Gasteiger partial charge < -0.3 is 15.2 Å². The van der Waals surface area contributed by atoms with Gasteiger partial charge in [0, 0.05) is 15.1 Å². The third kappa shape index (κ3) is 3.49. The van der Waals surface area contributed by atoms with Crippen LogP contribution in [0.1, 0.15) is 37.8 Å². The van der Waals surface area contributed by atoms with Crippen molar-refractivity contribution in [2.24, 2.45) is 11.8 Å². The number of halogens is 1. The topological polar surface area (TPSA) is 136 Å². The van der Waals surface area contributed by atoms with Crippen molar-refractivity contribution in [2.45, 2.75) is 43.7 Å². The number of nitrogens with zero attached hydrogens (tertiary/aromatic N) is 1. The van der Waals surface area contributed by atoms with Crippen molar-refractivity contribution in [1.82, 2.24) is 0 Å². The third-order valence-corrected chi connectivity index (χ3v) is 7.90. The molecule has 0 aromatic heterocycles. The number of benzene rings is 2. The van der Waals surface area contributed by atoms with Crippen LogP contribution in [0, 0.1) is 22.0 Å². The van der Waals surface area contributed by atoms with Crippen LogP contribution in [-0.2, 0) is 24.5 Å². The number of hydrogen-bond acceptors (Lipinski definition) is 7. The molecule has 0 unspecified atom stereocenters. The van der Waals surface area contributed by atoms with Crippen molar-refractivity contribution in [2.75, 3.05) is 11.9 Å². The highest BCUT2D eigenvalue weighted by Crippen LogP contribution is 2.61. The summed E-state index contributed by atoms with van der Waals surface area (Å²) in [6, 6.07) is 11.2. The first-order valence-electron chi connectivity index (χ1n) is 11.2. The number of rotatable bonds is 5. The van der Waals surface area contributed by atoms with E-state index in [-0.39, 0.29) is 12.2 Å². The molecular weight excluding hydrogens is 520 g/mol. The average molecular weight is 545 g/mol. The molecule has 2 aromatic carbocycles. The second kappa shape index (κ2) is 8.83. The Kier molecular flexibility index (Phi) is 6.31. The van der Waals surface area contributed by atoms with Gasteiger partial charge in [-0.15, -0.1) is 0 Å². The van der Waals surface area contributed by atoms with E-state index in [1.54, 1.807) is 55.5 Å². The summed E-state index contributed by atoms with van der Waals surface area (Å²) >= 11 is 3.33. The molecule has 1 amide bonds. The fraction of sp³-hybridized carbons (Fsp3) is 0.400. The number of nitrogens with one attached hydrogen (secondary N) is 1. The first kappa shape index (κ1) is 25.0. The van der Waals surface area contributed by atoms with Crippen LogP contribution in [0.2, 0.25) is 0 Å². The van der Waals surface area contributed by atoms with Gasteiger partial charge in [0.05, 0.1) is 24.0 Å². The van der Waals surface area contributed by atoms with Gasteiger partial charge in [-0.2, -0.15) is 0 Å². The zero-order chi connectivity index (χ0) is 25.7. The Labute approximate surface area is 210 Å². The number of anilines is 1. The number of fused-ring (bicyclic) bond motifs is 2. The highest BCUT2D eigenvalue weighted by molar-refractivity contribution is 9.10. The fourth-order valence-corrected chi connectivity index (χ4v) is 6.45. The summed E-state index contributed by atoms with van der Waals surface area (Å²) in [4.78, 5) is 52.5. The molecule has 10 heteroatoms. The van der Waals surface area contributed by atoms with Crippen LogP contribution < -0.4 is 5.32 Å². The molecule has 1 spiro atoms. The van der Waals surface area contributed by atoms with Crippen molar-refractivity contribution in [3.05, 3.63) is 74.2 Å². The summed E-state index contributed by atoms with van der Waals surface area (Å²) in [6.07, 6.45) is 0. The maximum Gasteiger partial charge on any atom is 0.317 e. The molecule has 1 aliphatic carbocycles. The molecule has 0 radical (unpaired) electrons. The Bertz CT molecular complexity index is 1210. The van der Waals surface area contributed by atoms with Crippen LogP contribution in [0.5, 0.6) is 0 Å². The van der Waals surface area contributed by atoms with Crippen molar-refractivity contribution < 1.29 is 29.2 Å². The summed E-state index contributed by atoms with van der Waals surface area (Å²) < 4.78 is 5.99. The van der Waals surface area contributed by atoms with Crippen LogP contribution >= 0.6 is 15.9 Å². The minimum atomic E-state index is -2.18. The van der Waals surface area contributed by atoms with Crippen molar-refractivity contribution in [3.63, 3.8) is 0 Å². The SMILES string of the molecule is CCOC(=O)[C@@H]1[C@@H]([N+](=O)[O-])[C@H](c2ccc(Br)cc2)[C@@H](C(C)=O)[C@@](C)(O)[C@]12C(=O)Nc1ccccc12. The zero-order valence-corrected chi connectivity index (χ0v) is 20.9. The highest BCUT2D eigenvalue weighted by atomic mass is 79.9. The number of esters is 1. The third-order valence-electron chi connectivity index (χ3n) is 7.37. The Hall–Kier alpha value is -3.11. The lowest BCUT2D eigenvalue weighted by Crippen LogP contribution is -2.73. The summed E-state index contributed by atoms with van der Waals surface area (Å²) in [5, 5.41) is 27.6. The van der Waals surface area contributed by atoms with Crippen molar-refractivity contribution in [3.8, 4) is 0 Å². The largest absolute Gasteiger partial charge is 0.466 e. The molecule has 0 saturated heterocycles. The van der Waals surface area contributed by atoms with E-state index in [0.29, 0.717) is 15.7 Å². The second-order valence-corrected chi connectivity index (χ2v) is 10.0. The van der Waals surface area contributed by atoms with Gasteiger partial charge in [-0.05, 0) is 50.1 Å². The van der Waals surface area contributed by atoms with Crippen LogP contribution in [-0.4, -0.2) is 45.9 Å². The Morgan fingerprint density at radius 2 is 1.80 bits per heavy atom. The Morgan fingerprint density at radius 1 is 1.17 bits per heavy atom. The van der Waals surface area contributed by atoms with Crippen LogP contribution in [0.3, 0.4) is 0 Å². The number of ether oxygens (including phenoxy) is 1. The number of nitro groups is 1. The predicted molar refractivity (Wildman–Crippen MR) is 129 cm³/mol. The molecule has 0 bridgehead atoms. The molecule has 2 aromatic rings. The van der Waals surface area contributed by atoms with E-state index in [1.807, 2.05) is 0 Å². The zero-order valence-electron chi connectivity index (χ0n) is 19.4. The molecule has 2 aliphatic rings. The number of ketones is 1. The number of aliphatic hydroxyl groups is 1. The van der Waals surface area contributed by atoms with Gasteiger partial charge >= 0.3 is 5.97 Å². The molecule has 1 saturated carbocycles. The number of amides is 1. The average Bonchev–Trinajstić information content (AvgIpc) is 3.08. The number of hydrogen-bond donors (Lipinski definition) is 2. The lowest BCUT2D eigenvalue weighted by Gasteiger charge is -2.55. The van der Waals surface area contributed by atoms with E-state index in [0.717, 1.165) is 0 Å². The van der Waals surface area contributed by atoms with E-state index < -0.39 is 57.4 Å². The first-order valence-corrected chi connectivity index (χ1v) is 12.0. The van der Waals surface area contributed by atoms with Gasteiger partial charge in [-0.3, -0.25) is 24.5 Å². The van der Waals surface area contributed by atoms with Gasteiger partial charge in [0.15, 0.2) is 0 Å². The predicted octanol–water partition coefficient (Wildman–Crippen LogP) is 3.22. The van der Waals surface area contributed by atoms with Gasteiger partial charge in [-0.25, -0.2) is 0 Å². The van der Waals surface area contributed by atoms with Crippen LogP contribution in [0.15, 0.2) is 53.0 Å². The van der Waals surface area contributed by atoms with E-state index in [4.69, 9.17) is 4.74 Å². The molecule has 184 valence electrons. The highest BCUT2D eigenvalue weighted by Gasteiger charge is 2.77. The van der Waals surface area contributed by atoms with Gasteiger partial charge in [0.1, 0.15) is 17.1 Å². The molecule has 1 fully saturated rings. The second-order valence-electron chi connectivity index (χ2n) is 9.13. The van der Waals surface area contributed by atoms with E-state index in [1.165, 1.54) is 13.8 Å². The maximum absolute atomic E-state index is 13.7. The van der Waals surface area contributed by atoms with Crippen LogP contribution in [0.4, 0.5) is 5.69 Å². The number of carbonyl (C=O) groups is 3. The Balaban J connectivity index is 2.11. The minimum Gasteiger partial charge on any atom is -0.466 e. The smallest absolute Gasteiger partial charge is 0.317 e. The fourth-order valence-electron chi connectivity index (χ4n) is 6.19. The molecule has 6 atom stereocenters. The molecule has 1 aliphatic heterocycles. The molecule has 4 rings (SSSR count). The lowest BCUT2D eigenvalue weighted by molar-refractivity contribution is -0.543. The number of Topliss-reactive ketones (excluding diaryl/α,β-unsaturated/α-hetero) is 1. The maximum atomic E-state index is 13.7. The normalized spacial score (nSPS) is 31.5. The van der Waals surface area contributed by atoms with E-state index in [2.05, 4.69) is 21.2 Å². The number of para-hydroxylation sites is 1. The molecule has 1 heterocycles. The monoisotopic (exact) mass is 544 g/mol. The van der Waals surface area contributed by atoms with Crippen molar-refractivity contribution >= 4 is 39.3 Å². The molecule has 9 nitrogen and oxygen atoms in total. The lowest BCUT2D eigenvalue weighted by atomic mass is 9.46. The summed E-state index contributed by atoms with van der Waals surface area (Å²) in [6.45, 7) is 4.02. The number of carbonyl (C=O) groups excluding carboxylic acids is 3.